The average molecular weight is 386 g/mol. The minimum Gasteiger partial charge on any atom is -0.322 e. The summed E-state index contributed by atoms with van der Waals surface area (Å²) in [4.78, 5) is 20.3. The van der Waals surface area contributed by atoms with E-state index in [1.54, 1.807) is 0 Å². The standard InChI is InChI=1S/C20H17F3N4O/c1-10-6-11(2)18(12(3)7-10)27-19(28)13-8-24-20(25-9-13)26-15-5-4-14(21)16(22)17(15)23/h4-9H,1-3H3,(H,27,28)(H,24,25,26). The van der Waals surface area contributed by atoms with Crippen LogP contribution in [0.25, 0.3) is 0 Å². The summed E-state index contributed by atoms with van der Waals surface area (Å²) in [6.07, 6.45) is 2.50. The lowest BCUT2D eigenvalue weighted by Crippen LogP contribution is -2.15. The fourth-order valence-electron chi connectivity index (χ4n) is 2.82. The molecule has 2 aromatic carbocycles. The Kier molecular flexibility index (Phi) is 5.30. The predicted octanol–water partition coefficient (Wildman–Crippen LogP) is 4.82. The molecule has 0 bridgehead atoms. The quantitative estimate of drug-likeness (QED) is 0.631. The fourth-order valence-corrected chi connectivity index (χ4v) is 2.82. The van der Waals surface area contributed by atoms with E-state index in [0.29, 0.717) is 5.69 Å². The molecule has 0 aliphatic heterocycles. The van der Waals surface area contributed by atoms with Gasteiger partial charge >= 0.3 is 0 Å². The lowest BCUT2D eigenvalue weighted by atomic mass is 10.0. The summed E-state index contributed by atoms with van der Waals surface area (Å²) in [7, 11) is 0. The summed E-state index contributed by atoms with van der Waals surface area (Å²) in [5.74, 6) is -4.73. The molecule has 1 amide bonds. The fraction of sp³-hybridized carbons (Fsp3) is 0.150. The molecule has 0 aliphatic rings. The van der Waals surface area contributed by atoms with Gasteiger partial charge in [0.1, 0.15) is 0 Å². The molecule has 0 spiro atoms. The minimum atomic E-state index is -1.59. The largest absolute Gasteiger partial charge is 0.322 e. The molecule has 0 radical (unpaired) electrons. The van der Waals surface area contributed by atoms with Gasteiger partial charge in [0, 0.05) is 18.1 Å². The first-order chi connectivity index (χ1) is 13.3. The van der Waals surface area contributed by atoms with Crippen molar-refractivity contribution in [2.75, 3.05) is 10.6 Å². The Labute approximate surface area is 159 Å². The third-order valence-corrected chi connectivity index (χ3v) is 4.11. The number of benzene rings is 2. The van der Waals surface area contributed by atoms with Crippen LogP contribution < -0.4 is 10.6 Å². The Bertz CT molecular complexity index is 1030. The van der Waals surface area contributed by atoms with Gasteiger partial charge in [-0.15, -0.1) is 0 Å². The first-order valence-electron chi connectivity index (χ1n) is 8.38. The molecule has 0 atom stereocenters. The van der Waals surface area contributed by atoms with Crippen molar-refractivity contribution in [3.05, 3.63) is 76.4 Å². The molecular formula is C20H17F3N4O. The normalized spacial score (nSPS) is 10.6. The highest BCUT2D eigenvalue weighted by atomic mass is 19.2. The number of anilines is 3. The maximum Gasteiger partial charge on any atom is 0.258 e. The molecule has 28 heavy (non-hydrogen) atoms. The summed E-state index contributed by atoms with van der Waals surface area (Å²) in [5, 5.41) is 5.27. The molecule has 1 heterocycles. The lowest BCUT2D eigenvalue weighted by molar-refractivity contribution is 0.102. The second-order valence-corrected chi connectivity index (χ2v) is 6.37. The Balaban J connectivity index is 1.76. The van der Waals surface area contributed by atoms with Crippen LogP contribution in [0, 0.1) is 38.2 Å². The van der Waals surface area contributed by atoms with Gasteiger partial charge in [-0.2, -0.15) is 0 Å². The van der Waals surface area contributed by atoms with Gasteiger partial charge in [-0.05, 0) is 44.0 Å². The molecule has 0 fully saturated rings. The number of nitrogens with zero attached hydrogens (tertiary/aromatic N) is 2. The van der Waals surface area contributed by atoms with Gasteiger partial charge in [-0.1, -0.05) is 17.7 Å². The summed E-state index contributed by atoms with van der Waals surface area (Å²) >= 11 is 0. The van der Waals surface area contributed by atoms with E-state index in [1.165, 1.54) is 12.4 Å². The Morgan fingerprint density at radius 2 is 1.54 bits per heavy atom. The van der Waals surface area contributed by atoms with Gasteiger partial charge < -0.3 is 10.6 Å². The van der Waals surface area contributed by atoms with E-state index in [4.69, 9.17) is 0 Å². The van der Waals surface area contributed by atoms with Crippen LogP contribution in [0.1, 0.15) is 27.0 Å². The predicted molar refractivity (Wildman–Crippen MR) is 100 cm³/mol. The van der Waals surface area contributed by atoms with Gasteiger partial charge in [0.25, 0.3) is 5.91 Å². The zero-order valence-electron chi connectivity index (χ0n) is 15.4. The van der Waals surface area contributed by atoms with Crippen molar-refractivity contribution in [1.29, 1.82) is 0 Å². The van der Waals surface area contributed by atoms with Crippen molar-refractivity contribution in [3.8, 4) is 0 Å². The summed E-state index contributed by atoms with van der Waals surface area (Å²) in [5.41, 5.74) is 3.54. The number of hydrogen-bond acceptors (Lipinski definition) is 4. The van der Waals surface area contributed by atoms with Gasteiger partial charge in [-0.25, -0.2) is 23.1 Å². The summed E-state index contributed by atoms with van der Waals surface area (Å²) < 4.78 is 40.0. The number of nitrogens with one attached hydrogen (secondary N) is 2. The lowest BCUT2D eigenvalue weighted by Gasteiger charge is -2.13. The number of aromatic nitrogens is 2. The van der Waals surface area contributed by atoms with Crippen LogP contribution in [-0.4, -0.2) is 15.9 Å². The molecule has 3 rings (SSSR count). The molecular weight excluding hydrogens is 369 g/mol. The highest BCUT2D eigenvalue weighted by molar-refractivity contribution is 6.04. The van der Waals surface area contributed by atoms with Crippen LogP contribution >= 0.6 is 0 Å². The topological polar surface area (TPSA) is 66.9 Å². The minimum absolute atomic E-state index is 0.0656. The Morgan fingerprint density at radius 3 is 2.14 bits per heavy atom. The van der Waals surface area contributed by atoms with Crippen molar-refractivity contribution < 1.29 is 18.0 Å². The number of amides is 1. The second-order valence-electron chi connectivity index (χ2n) is 6.37. The van der Waals surface area contributed by atoms with E-state index >= 15 is 0 Å². The smallest absolute Gasteiger partial charge is 0.258 e. The van der Waals surface area contributed by atoms with Crippen molar-refractivity contribution in [3.63, 3.8) is 0 Å². The number of carbonyl (C=O) groups is 1. The molecule has 2 N–H and O–H groups in total. The number of halogens is 3. The van der Waals surface area contributed by atoms with Gasteiger partial charge in [0.15, 0.2) is 17.5 Å². The second kappa shape index (κ2) is 7.67. The number of rotatable bonds is 4. The molecule has 144 valence electrons. The molecule has 3 aromatic rings. The average Bonchev–Trinajstić information content (AvgIpc) is 2.65. The third-order valence-electron chi connectivity index (χ3n) is 4.11. The van der Waals surface area contributed by atoms with Crippen LogP contribution in [0.3, 0.4) is 0 Å². The first kappa shape index (κ1) is 19.3. The van der Waals surface area contributed by atoms with Crippen molar-refractivity contribution in [2.45, 2.75) is 20.8 Å². The molecule has 1 aromatic heterocycles. The van der Waals surface area contributed by atoms with E-state index in [-0.39, 0.29) is 17.2 Å². The highest BCUT2D eigenvalue weighted by Crippen LogP contribution is 2.23. The van der Waals surface area contributed by atoms with Crippen LogP contribution in [0.5, 0.6) is 0 Å². The number of aryl methyl sites for hydroxylation is 3. The van der Waals surface area contributed by atoms with Crippen LogP contribution in [0.4, 0.5) is 30.5 Å². The Hall–Kier alpha value is -3.42. The molecule has 5 nitrogen and oxygen atoms in total. The van der Waals surface area contributed by atoms with E-state index < -0.39 is 23.4 Å². The Morgan fingerprint density at radius 1 is 0.929 bits per heavy atom. The van der Waals surface area contributed by atoms with Gasteiger partial charge in [-0.3, -0.25) is 4.79 Å². The zero-order chi connectivity index (χ0) is 20.4. The van der Waals surface area contributed by atoms with E-state index in [0.717, 1.165) is 28.8 Å². The number of hydrogen-bond donors (Lipinski definition) is 2. The van der Waals surface area contributed by atoms with E-state index in [1.807, 2.05) is 32.9 Å². The molecule has 8 heteroatoms. The van der Waals surface area contributed by atoms with Gasteiger partial charge in [0.05, 0.1) is 11.3 Å². The van der Waals surface area contributed by atoms with Crippen molar-refractivity contribution in [2.24, 2.45) is 0 Å². The highest BCUT2D eigenvalue weighted by Gasteiger charge is 2.15. The number of carbonyl (C=O) groups excluding carboxylic acids is 1. The van der Waals surface area contributed by atoms with E-state index in [2.05, 4.69) is 20.6 Å². The SMILES string of the molecule is Cc1cc(C)c(NC(=O)c2cnc(Nc3ccc(F)c(F)c3F)nc2)c(C)c1. The van der Waals surface area contributed by atoms with E-state index in [9.17, 15) is 18.0 Å². The van der Waals surface area contributed by atoms with Crippen LogP contribution in [0.2, 0.25) is 0 Å². The van der Waals surface area contributed by atoms with Crippen molar-refractivity contribution in [1.82, 2.24) is 9.97 Å². The molecule has 0 aliphatic carbocycles. The molecule has 0 saturated carbocycles. The molecule has 0 saturated heterocycles. The monoisotopic (exact) mass is 386 g/mol. The maximum absolute atomic E-state index is 13.7. The van der Waals surface area contributed by atoms with Crippen LogP contribution in [-0.2, 0) is 0 Å². The van der Waals surface area contributed by atoms with Crippen molar-refractivity contribution >= 4 is 23.2 Å². The summed E-state index contributed by atoms with van der Waals surface area (Å²) in [6.45, 7) is 5.77. The summed E-state index contributed by atoms with van der Waals surface area (Å²) in [6, 6.07) is 5.74. The zero-order valence-corrected chi connectivity index (χ0v) is 15.4. The first-order valence-corrected chi connectivity index (χ1v) is 8.38. The van der Waals surface area contributed by atoms with Crippen LogP contribution in [0.15, 0.2) is 36.7 Å². The third kappa shape index (κ3) is 3.95. The molecule has 0 unspecified atom stereocenters. The maximum atomic E-state index is 13.7. The van der Waals surface area contributed by atoms with Gasteiger partial charge in [0.2, 0.25) is 5.95 Å².